The fraction of sp³-hybridized carbons (Fsp3) is 0.400. The third-order valence-electron chi connectivity index (χ3n) is 4.60. The van der Waals surface area contributed by atoms with Crippen LogP contribution in [0, 0.1) is 5.82 Å². The lowest BCUT2D eigenvalue weighted by Crippen LogP contribution is -2.39. The maximum absolute atomic E-state index is 13.6. The molecule has 134 valence electrons. The maximum atomic E-state index is 13.6. The lowest BCUT2D eigenvalue weighted by Gasteiger charge is -2.28. The lowest BCUT2D eigenvalue weighted by molar-refractivity contribution is -0.156. The van der Waals surface area contributed by atoms with E-state index in [1.54, 1.807) is 24.3 Å². The van der Waals surface area contributed by atoms with Crippen LogP contribution < -0.4 is 0 Å². The van der Waals surface area contributed by atoms with E-state index in [0.717, 1.165) is 12.8 Å². The van der Waals surface area contributed by atoms with Crippen molar-refractivity contribution >= 4 is 11.9 Å². The number of halogens is 1. The van der Waals surface area contributed by atoms with Gasteiger partial charge in [0.15, 0.2) is 6.61 Å². The smallest absolute Gasteiger partial charge is 0.317 e. The molecule has 5 heteroatoms. The minimum atomic E-state index is -0.857. The number of benzene rings is 1. The third-order valence-corrected chi connectivity index (χ3v) is 4.60. The van der Waals surface area contributed by atoms with Gasteiger partial charge in [0.1, 0.15) is 5.82 Å². The fourth-order valence-electron chi connectivity index (χ4n) is 3.32. The number of carbonyl (C=O) groups is 2. The van der Waals surface area contributed by atoms with Crippen LogP contribution >= 0.6 is 0 Å². The predicted octanol–water partition coefficient (Wildman–Crippen LogP) is 3.38. The molecule has 1 aromatic rings. The van der Waals surface area contributed by atoms with Gasteiger partial charge in [-0.3, -0.25) is 9.59 Å². The number of nitrogens with zero attached hydrogens (tertiary/aromatic N) is 1. The van der Waals surface area contributed by atoms with Gasteiger partial charge in [-0.2, -0.15) is 0 Å². The second-order valence-electron chi connectivity index (χ2n) is 6.25. The van der Waals surface area contributed by atoms with E-state index in [1.165, 1.54) is 17.0 Å². The van der Waals surface area contributed by atoms with Crippen molar-refractivity contribution in [1.29, 1.82) is 0 Å². The van der Waals surface area contributed by atoms with Gasteiger partial charge in [-0.15, -0.1) is 13.2 Å². The molecule has 4 nitrogen and oxygen atoms in total. The Bertz CT molecular complexity index is 640. The molecule has 1 aromatic carbocycles. The molecule has 1 amide bonds. The summed E-state index contributed by atoms with van der Waals surface area (Å²) in [7, 11) is 0. The van der Waals surface area contributed by atoms with Crippen molar-refractivity contribution in [3.63, 3.8) is 0 Å². The second kappa shape index (κ2) is 8.60. The molecule has 0 radical (unpaired) electrons. The van der Waals surface area contributed by atoms with Crippen molar-refractivity contribution in [1.82, 2.24) is 4.90 Å². The van der Waals surface area contributed by atoms with Crippen LogP contribution in [0.2, 0.25) is 0 Å². The summed E-state index contributed by atoms with van der Waals surface area (Å²) in [4.78, 5) is 26.5. The van der Waals surface area contributed by atoms with Gasteiger partial charge in [-0.05, 0) is 30.5 Å². The number of esters is 1. The predicted molar refractivity (Wildman–Crippen MR) is 94.5 cm³/mol. The SMILES string of the molecule is C=CCN(CC=C)C(=O)COC(=O)C1(c2cccc(F)c2)CCCC1. The molecule has 0 heterocycles. The highest BCUT2D eigenvalue weighted by atomic mass is 19.1. The van der Waals surface area contributed by atoms with E-state index in [1.807, 2.05) is 0 Å². The van der Waals surface area contributed by atoms with Crippen molar-refractivity contribution in [2.75, 3.05) is 19.7 Å². The van der Waals surface area contributed by atoms with Gasteiger partial charge < -0.3 is 9.64 Å². The molecule has 0 spiro atoms. The van der Waals surface area contributed by atoms with E-state index in [2.05, 4.69) is 13.2 Å². The van der Waals surface area contributed by atoms with E-state index in [9.17, 15) is 14.0 Å². The maximum Gasteiger partial charge on any atom is 0.317 e. The summed E-state index contributed by atoms with van der Waals surface area (Å²) in [6.07, 6.45) is 6.17. The van der Waals surface area contributed by atoms with E-state index in [4.69, 9.17) is 4.74 Å². The molecule has 0 atom stereocenters. The molecule has 0 bridgehead atoms. The average molecular weight is 345 g/mol. The van der Waals surface area contributed by atoms with E-state index < -0.39 is 11.4 Å². The van der Waals surface area contributed by atoms with Crippen molar-refractivity contribution in [2.45, 2.75) is 31.1 Å². The molecule has 0 unspecified atom stereocenters. The molecule has 1 aliphatic carbocycles. The molecule has 1 fully saturated rings. The second-order valence-corrected chi connectivity index (χ2v) is 6.25. The Labute approximate surface area is 148 Å². The summed E-state index contributed by atoms with van der Waals surface area (Å²) in [5.41, 5.74) is -0.235. The molecule has 1 saturated carbocycles. The summed E-state index contributed by atoms with van der Waals surface area (Å²) in [6.45, 7) is 7.60. The van der Waals surface area contributed by atoms with Crippen molar-refractivity contribution in [3.05, 3.63) is 61.0 Å². The third kappa shape index (κ3) is 4.35. The molecule has 2 rings (SSSR count). The average Bonchev–Trinajstić information content (AvgIpc) is 3.10. The van der Waals surface area contributed by atoms with Crippen molar-refractivity contribution in [2.24, 2.45) is 0 Å². The van der Waals surface area contributed by atoms with Crippen LogP contribution in [0.5, 0.6) is 0 Å². The summed E-state index contributed by atoms with van der Waals surface area (Å²) in [5, 5.41) is 0. The van der Waals surface area contributed by atoms with E-state index in [-0.39, 0.29) is 18.3 Å². The summed E-state index contributed by atoms with van der Waals surface area (Å²) >= 11 is 0. The molecule has 0 aromatic heterocycles. The van der Waals surface area contributed by atoms with E-state index >= 15 is 0 Å². The molecule has 0 N–H and O–H groups in total. The minimum absolute atomic E-state index is 0.305. The zero-order chi connectivity index (χ0) is 18.3. The summed E-state index contributed by atoms with van der Waals surface area (Å²) in [5.74, 6) is -1.14. The van der Waals surface area contributed by atoms with Gasteiger partial charge in [0, 0.05) is 13.1 Å². The summed E-state index contributed by atoms with van der Waals surface area (Å²) in [6, 6.07) is 6.08. The van der Waals surface area contributed by atoms with Gasteiger partial charge in [-0.1, -0.05) is 37.1 Å². The summed E-state index contributed by atoms with van der Waals surface area (Å²) < 4.78 is 18.9. The fourth-order valence-corrected chi connectivity index (χ4v) is 3.32. The number of rotatable bonds is 8. The van der Waals surface area contributed by atoms with Gasteiger partial charge >= 0.3 is 5.97 Å². The first-order valence-corrected chi connectivity index (χ1v) is 8.46. The lowest BCUT2D eigenvalue weighted by atomic mass is 9.79. The van der Waals surface area contributed by atoms with Crippen molar-refractivity contribution in [3.8, 4) is 0 Å². The zero-order valence-corrected chi connectivity index (χ0v) is 14.4. The van der Waals surface area contributed by atoms with Gasteiger partial charge in [0.25, 0.3) is 5.91 Å². The first-order valence-electron chi connectivity index (χ1n) is 8.46. The van der Waals surface area contributed by atoms with Crippen LogP contribution in [0.25, 0.3) is 0 Å². The highest BCUT2D eigenvalue weighted by molar-refractivity contribution is 5.86. The highest BCUT2D eigenvalue weighted by Gasteiger charge is 2.44. The number of hydrogen-bond acceptors (Lipinski definition) is 3. The molecular weight excluding hydrogens is 321 g/mol. The molecule has 25 heavy (non-hydrogen) atoms. The zero-order valence-electron chi connectivity index (χ0n) is 14.4. The van der Waals surface area contributed by atoms with Gasteiger partial charge in [0.05, 0.1) is 5.41 Å². The Kier molecular flexibility index (Phi) is 6.51. The molecule has 1 aliphatic rings. The quantitative estimate of drug-likeness (QED) is 0.536. The topological polar surface area (TPSA) is 46.6 Å². The van der Waals surface area contributed by atoms with Gasteiger partial charge in [-0.25, -0.2) is 4.39 Å². The van der Waals surface area contributed by atoms with Crippen LogP contribution in [0.15, 0.2) is 49.6 Å². The Hall–Kier alpha value is -2.43. The molecular formula is C20H24FNO3. The Morgan fingerprint density at radius 3 is 2.40 bits per heavy atom. The molecule has 0 saturated heterocycles. The van der Waals surface area contributed by atoms with E-state index in [0.29, 0.717) is 31.5 Å². The van der Waals surface area contributed by atoms with Crippen LogP contribution in [0.1, 0.15) is 31.2 Å². The first kappa shape index (κ1) is 18.9. The van der Waals surface area contributed by atoms with Crippen LogP contribution in [-0.2, 0) is 19.7 Å². The van der Waals surface area contributed by atoms with Crippen LogP contribution in [-0.4, -0.2) is 36.5 Å². The largest absolute Gasteiger partial charge is 0.455 e. The number of ether oxygens (including phenoxy) is 1. The Morgan fingerprint density at radius 2 is 1.84 bits per heavy atom. The van der Waals surface area contributed by atoms with Gasteiger partial charge in [0.2, 0.25) is 0 Å². The van der Waals surface area contributed by atoms with Crippen LogP contribution in [0.4, 0.5) is 4.39 Å². The first-order chi connectivity index (χ1) is 12.0. The minimum Gasteiger partial charge on any atom is -0.455 e. The van der Waals surface area contributed by atoms with Crippen molar-refractivity contribution < 1.29 is 18.7 Å². The number of carbonyl (C=O) groups excluding carboxylic acids is 2. The Balaban J connectivity index is 2.10. The highest BCUT2D eigenvalue weighted by Crippen LogP contribution is 2.42. The number of amides is 1. The number of hydrogen-bond donors (Lipinski definition) is 0. The monoisotopic (exact) mass is 345 g/mol. The molecule has 0 aliphatic heterocycles. The van der Waals surface area contributed by atoms with Crippen LogP contribution in [0.3, 0.4) is 0 Å². The standard InChI is InChI=1S/C20H24FNO3/c1-3-12-22(13-4-2)18(23)15-25-19(24)20(10-5-6-11-20)16-8-7-9-17(21)14-16/h3-4,7-9,14H,1-2,5-6,10-13,15H2. The normalized spacial score (nSPS) is 15.4. The Morgan fingerprint density at radius 1 is 1.20 bits per heavy atom.